The maximum Gasteiger partial charge on any atom is 0.660 e. The summed E-state index contributed by atoms with van der Waals surface area (Å²) in [4.78, 5) is 14.9. The summed E-state index contributed by atoms with van der Waals surface area (Å²) >= 11 is 0. The van der Waals surface area contributed by atoms with Gasteiger partial charge in [-0.05, 0) is 248 Å². The Morgan fingerprint density at radius 2 is 0.566 bits per heavy atom. The highest BCUT2D eigenvalue weighted by Crippen LogP contribution is 2.51. The molecule has 4 heterocycles. The first kappa shape index (κ1) is 104. The number of allylic oxidation sites excluding steroid dienone is 4. The van der Waals surface area contributed by atoms with Crippen molar-refractivity contribution in [3.8, 4) is 0 Å². The summed E-state index contributed by atoms with van der Waals surface area (Å²) < 4.78 is 227. The monoisotopic (exact) mass is 1940 g/mol. The lowest BCUT2D eigenvalue weighted by molar-refractivity contribution is -0.105. The summed E-state index contributed by atoms with van der Waals surface area (Å²) in [5.41, 5.74) is 0. The zero-order valence-electron chi connectivity index (χ0n) is 73.6. The summed E-state index contributed by atoms with van der Waals surface area (Å²) in [6.45, 7) is 52.7. The van der Waals surface area contributed by atoms with Crippen LogP contribution in [0.2, 0.25) is 146 Å². The van der Waals surface area contributed by atoms with Gasteiger partial charge >= 0.3 is 108 Å². The molecule has 113 heavy (non-hydrogen) atoms. The highest BCUT2D eigenvalue weighted by molar-refractivity contribution is 7.01. The predicted octanol–water partition coefficient (Wildman–Crippen LogP) is 12.8. The first-order valence-electron chi connectivity index (χ1n) is 41.8. The Labute approximate surface area is 701 Å². The number of hydrogen-bond acceptors (Lipinski definition) is 32. The van der Waals surface area contributed by atoms with Crippen molar-refractivity contribution in [2.45, 2.75) is 280 Å². The van der Waals surface area contributed by atoms with E-state index in [-0.39, 0.29) is 48.4 Å². The molecule has 4 fully saturated rings. The SMILES string of the molecule is CCO[Si](CC[Si](C)(C)O[Si]12O[SiH](O[SiH2]C)O[Si]3(OC)O[Si]4(O[Si](C)(C)CCC5CC=CCC5)O[Si](O)(O[Si](C)(C)CCC5CC=CCC5)O[Si](O[Si](C)(C)CC[Si](OCC)(OCC)OCC)(O1)O[Si](O[Si](C)(C)CC[Si](OCC)(OCC)OCC)(O4)O[Si](O[Si](C)(C)CC[Si](OCC)(OCC)OCC)(O3)O2)(OCC)OCC. The normalized spacial score (nSPS) is 28.8. The number of hydrogen-bond donors (Lipinski definition) is 1. The zero-order valence-corrected chi connectivity index (χ0v) is 93.1. The van der Waals surface area contributed by atoms with Crippen molar-refractivity contribution in [3.05, 3.63) is 24.3 Å². The van der Waals surface area contributed by atoms with Gasteiger partial charge in [0.2, 0.25) is 0 Å². The number of fused-ring (bicyclic) bond motifs is 4. The molecular formula is C62H148O32Si19. The van der Waals surface area contributed by atoms with E-state index in [1.807, 2.05) is 155 Å². The maximum atomic E-state index is 14.9. The molecule has 6 bridgehead atoms. The molecule has 2 aliphatic carbocycles. The molecule has 10 atom stereocenters. The summed E-state index contributed by atoms with van der Waals surface area (Å²) in [7, 11) is -79.3. The fourth-order valence-electron chi connectivity index (χ4n) is 14.3. The van der Waals surface area contributed by atoms with Crippen LogP contribution in [-0.4, -0.2) is 259 Å². The first-order chi connectivity index (χ1) is 53.0. The van der Waals surface area contributed by atoms with Gasteiger partial charge in [-0.3, -0.25) is 0 Å². The van der Waals surface area contributed by atoms with Gasteiger partial charge in [0.25, 0.3) is 0 Å². The Bertz CT molecular complexity index is 2800. The van der Waals surface area contributed by atoms with Crippen LogP contribution in [0.3, 0.4) is 0 Å². The molecule has 51 heteroatoms. The third-order valence-corrected chi connectivity index (χ3v) is 86.4. The highest BCUT2D eigenvalue weighted by Gasteiger charge is 2.88. The minimum atomic E-state index is -5.90. The lowest BCUT2D eigenvalue weighted by Gasteiger charge is -2.57. The molecule has 0 saturated carbocycles. The minimum Gasteiger partial charge on any atom is -0.425 e. The Morgan fingerprint density at radius 1 is 0.327 bits per heavy atom. The molecule has 0 aromatic carbocycles. The smallest absolute Gasteiger partial charge is 0.425 e. The van der Waals surface area contributed by atoms with Gasteiger partial charge in [0.05, 0.1) is 0 Å². The Hall–Kier alpha value is 2.32. The van der Waals surface area contributed by atoms with Crippen LogP contribution >= 0.6 is 0 Å². The van der Waals surface area contributed by atoms with Crippen molar-refractivity contribution in [1.29, 1.82) is 0 Å². The highest BCUT2D eigenvalue weighted by atomic mass is 28.7. The fraction of sp³-hybridized carbons (Fsp3) is 0.935. The lowest BCUT2D eigenvalue weighted by Crippen LogP contribution is -2.88. The van der Waals surface area contributed by atoms with Crippen LogP contribution < -0.4 is 0 Å². The van der Waals surface area contributed by atoms with Crippen molar-refractivity contribution in [2.24, 2.45) is 11.8 Å². The molecule has 0 aromatic heterocycles. The molecule has 1 N–H and O–H groups in total. The molecular weight excluding hydrogens is 1790 g/mol. The van der Waals surface area contributed by atoms with E-state index in [1.165, 1.54) is 7.11 Å². The second kappa shape index (κ2) is 45.7. The van der Waals surface area contributed by atoms with E-state index in [9.17, 15) is 4.80 Å². The second-order valence-corrected chi connectivity index (χ2v) is 91.2. The van der Waals surface area contributed by atoms with Gasteiger partial charge in [-0.25, -0.2) is 0 Å². The van der Waals surface area contributed by atoms with E-state index in [2.05, 4.69) is 37.4 Å². The molecule has 6 aliphatic rings. The quantitative estimate of drug-likeness (QED) is 0.0437. The minimum absolute atomic E-state index is 0.254. The van der Waals surface area contributed by atoms with Crippen LogP contribution in [0.15, 0.2) is 24.3 Å². The van der Waals surface area contributed by atoms with Crippen molar-refractivity contribution in [3.63, 3.8) is 0 Å². The van der Waals surface area contributed by atoms with Gasteiger partial charge in [0, 0.05) is 111 Å². The van der Waals surface area contributed by atoms with E-state index in [1.54, 1.807) is 0 Å². The molecule has 0 aromatic rings. The van der Waals surface area contributed by atoms with Crippen LogP contribution in [0.25, 0.3) is 0 Å². The summed E-state index contributed by atoms with van der Waals surface area (Å²) in [5.74, 6) is 0.672. The Morgan fingerprint density at radius 3 is 0.823 bits per heavy atom. The van der Waals surface area contributed by atoms with E-state index in [4.69, 9.17) is 132 Å². The summed E-state index contributed by atoms with van der Waals surface area (Å²) in [6, 6.07) is 3.32. The summed E-state index contributed by atoms with van der Waals surface area (Å²) in [6.07, 6.45) is 16.1. The molecule has 4 aliphatic heterocycles. The molecule has 0 amide bonds. The van der Waals surface area contributed by atoms with Gasteiger partial charge in [-0.2, -0.15) is 0 Å². The molecule has 6 rings (SSSR count). The van der Waals surface area contributed by atoms with Gasteiger partial charge in [-0.1, -0.05) is 43.7 Å². The van der Waals surface area contributed by atoms with Crippen molar-refractivity contribution >= 4 is 168 Å². The largest absolute Gasteiger partial charge is 0.660 e. The van der Waals surface area contributed by atoms with E-state index >= 15 is 0 Å². The maximum absolute atomic E-state index is 14.9. The van der Waals surface area contributed by atoms with Crippen LogP contribution in [0, 0.1) is 11.8 Å². The standard InChI is InChI=1S/C62H148O32Si19/c1-27-65-103(66-28-2,67-29-3)57-53-99(19,20)81-109-79-96(77-95-14)78-108(64-13)88-110(82-98(17,18)52-50-62-47-43-40-44-48-62)86-107(63,80-97(15,16)51-49-61-45-41-39-42-46-61)87-111(90-109,83-100(21,22)54-58-104(68-30-4,69-31-5)70-32-6)93-113(92-110,85-102(25,26)56-60-106(74-36-10,75-37-11)76-38-12)94-112(89-108,91-109)84-101(23,24)55-59-105(71-33-7,72-34-8)73-35-9/h39-41,43,61-63,96H,27-38,42,44-60,95H2,1-26H3. The fourth-order valence-corrected chi connectivity index (χ4v) is 95.2. The molecule has 0 radical (unpaired) electrons. The topological polar surface area (TPSA) is 306 Å². The van der Waals surface area contributed by atoms with Gasteiger partial charge in [-0.15, -0.1) is 0 Å². The van der Waals surface area contributed by atoms with Crippen LogP contribution in [0.4, 0.5) is 0 Å². The van der Waals surface area contributed by atoms with Crippen LogP contribution in [0.5, 0.6) is 0 Å². The van der Waals surface area contributed by atoms with E-state index < -0.39 is 168 Å². The molecule has 664 valence electrons. The average Bonchev–Trinajstić information content (AvgIpc) is 0.694. The van der Waals surface area contributed by atoms with E-state index in [0.717, 1.165) is 51.4 Å². The number of rotatable bonds is 57. The van der Waals surface area contributed by atoms with Crippen LogP contribution in [-0.2, 0) is 132 Å². The van der Waals surface area contributed by atoms with Crippen LogP contribution in [0.1, 0.15) is 134 Å². The lowest BCUT2D eigenvalue weighted by atomic mass is 9.92. The Balaban J connectivity index is 1.88. The predicted molar refractivity (Wildman–Crippen MR) is 468 cm³/mol. The second-order valence-electron chi connectivity index (χ2n) is 32.1. The molecule has 4 saturated heterocycles. The molecule has 10 unspecified atom stereocenters. The van der Waals surface area contributed by atoms with Crippen molar-refractivity contribution < 1.29 is 136 Å². The van der Waals surface area contributed by atoms with Crippen molar-refractivity contribution in [2.75, 3.05) is 86.4 Å². The van der Waals surface area contributed by atoms with Gasteiger partial charge < -0.3 is 136 Å². The summed E-state index contributed by atoms with van der Waals surface area (Å²) in [5, 5.41) is 0. The van der Waals surface area contributed by atoms with Gasteiger partial charge in [0.15, 0.2) is 49.9 Å². The average molecular weight is 1940 g/mol. The van der Waals surface area contributed by atoms with Gasteiger partial charge in [0.1, 0.15) is 9.76 Å². The Kier molecular flexibility index (Phi) is 42.1. The third-order valence-electron chi connectivity index (χ3n) is 19.3. The molecule has 32 nitrogen and oxygen atoms in total. The first-order valence-corrected chi connectivity index (χ1v) is 83.0. The zero-order chi connectivity index (χ0) is 83.9. The molecule has 0 spiro atoms. The van der Waals surface area contributed by atoms with Crippen molar-refractivity contribution in [1.82, 2.24) is 0 Å². The third kappa shape index (κ3) is 32.0. The van der Waals surface area contributed by atoms with E-state index in [0.29, 0.717) is 103 Å².